The van der Waals surface area contributed by atoms with Crippen molar-refractivity contribution in [2.24, 2.45) is 0 Å². The summed E-state index contributed by atoms with van der Waals surface area (Å²) in [6.07, 6.45) is 3.76. The van der Waals surface area contributed by atoms with E-state index >= 15 is 0 Å². The van der Waals surface area contributed by atoms with Gasteiger partial charge in [-0.2, -0.15) is 0 Å². The Labute approximate surface area is 142 Å². The Morgan fingerprint density at radius 1 is 1.08 bits per heavy atom. The highest BCUT2D eigenvalue weighted by Crippen LogP contribution is 2.16. The lowest BCUT2D eigenvalue weighted by Gasteiger charge is -1.98. The maximum atomic E-state index is 12.9. The number of carbonyl (C=O) groups is 1. The molecular formula is C18H14FN3OS. The third kappa shape index (κ3) is 4.39. The number of H-pyrrole nitrogens is 1. The summed E-state index contributed by atoms with van der Waals surface area (Å²) in [7, 11) is 0. The molecule has 1 heterocycles. The van der Waals surface area contributed by atoms with Crippen LogP contribution in [-0.4, -0.2) is 26.7 Å². The van der Waals surface area contributed by atoms with E-state index in [1.54, 1.807) is 0 Å². The summed E-state index contributed by atoms with van der Waals surface area (Å²) < 4.78 is 12.9. The molecule has 24 heavy (non-hydrogen) atoms. The first-order valence-corrected chi connectivity index (χ1v) is 8.26. The van der Waals surface area contributed by atoms with E-state index in [9.17, 15) is 9.18 Å². The predicted octanol–water partition coefficient (Wildman–Crippen LogP) is 4.09. The van der Waals surface area contributed by atoms with Gasteiger partial charge in [0.25, 0.3) is 0 Å². The molecule has 0 saturated carbocycles. The van der Waals surface area contributed by atoms with Crippen molar-refractivity contribution in [2.45, 2.75) is 5.16 Å². The molecule has 0 spiro atoms. The molecule has 6 heteroatoms. The number of aromatic nitrogens is 3. The van der Waals surface area contributed by atoms with Crippen LogP contribution in [0.5, 0.6) is 0 Å². The lowest BCUT2D eigenvalue weighted by molar-refractivity contribution is 0.102. The van der Waals surface area contributed by atoms with Gasteiger partial charge in [-0.1, -0.05) is 48.2 Å². The van der Waals surface area contributed by atoms with E-state index in [0.717, 1.165) is 5.56 Å². The highest BCUT2D eigenvalue weighted by Gasteiger charge is 2.09. The molecule has 3 aromatic rings. The molecule has 120 valence electrons. The van der Waals surface area contributed by atoms with Gasteiger partial charge in [0.1, 0.15) is 11.6 Å². The smallest absolute Gasteiger partial charge is 0.209 e. The Balaban J connectivity index is 1.57. The number of hydrogen-bond acceptors (Lipinski definition) is 4. The van der Waals surface area contributed by atoms with Crippen molar-refractivity contribution in [1.82, 2.24) is 15.2 Å². The highest BCUT2D eigenvalue weighted by molar-refractivity contribution is 7.99. The van der Waals surface area contributed by atoms with Crippen LogP contribution >= 0.6 is 11.8 Å². The second kappa shape index (κ2) is 7.70. The fourth-order valence-electron chi connectivity index (χ4n) is 1.99. The minimum atomic E-state index is -0.358. The van der Waals surface area contributed by atoms with Gasteiger partial charge in [-0.3, -0.25) is 9.89 Å². The number of halogens is 1. The van der Waals surface area contributed by atoms with Crippen LogP contribution in [-0.2, 0) is 0 Å². The standard InChI is InChI=1S/C18H14FN3OS/c19-15-9-7-14(8-10-15)16(23)12-24-18-20-17(21-22-18)11-6-13-4-2-1-3-5-13/h1-11H,12H2,(H,20,21,22). The molecule has 0 aliphatic carbocycles. The van der Waals surface area contributed by atoms with E-state index in [-0.39, 0.29) is 17.4 Å². The van der Waals surface area contributed by atoms with Crippen molar-refractivity contribution in [3.63, 3.8) is 0 Å². The summed E-state index contributed by atoms with van der Waals surface area (Å²) >= 11 is 1.24. The van der Waals surface area contributed by atoms with Gasteiger partial charge < -0.3 is 0 Å². The molecule has 1 aromatic heterocycles. The largest absolute Gasteiger partial charge is 0.293 e. The number of thioether (sulfide) groups is 1. The highest BCUT2D eigenvalue weighted by atomic mass is 32.2. The predicted molar refractivity (Wildman–Crippen MR) is 93.2 cm³/mol. The number of aromatic amines is 1. The number of nitrogens with one attached hydrogen (secondary N) is 1. The Bertz CT molecular complexity index is 844. The van der Waals surface area contributed by atoms with Crippen molar-refractivity contribution < 1.29 is 9.18 Å². The van der Waals surface area contributed by atoms with E-state index in [1.807, 2.05) is 42.5 Å². The summed E-state index contributed by atoms with van der Waals surface area (Å²) in [5.41, 5.74) is 1.54. The summed E-state index contributed by atoms with van der Waals surface area (Å²) in [5.74, 6) is 0.371. The topological polar surface area (TPSA) is 58.6 Å². The van der Waals surface area contributed by atoms with Crippen LogP contribution in [0.2, 0.25) is 0 Å². The number of rotatable bonds is 6. The van der Waals surface area contributed by atoms with Crippen molar-refractivity contribution in [3.05, 3.63) is 77.4 Å². The number of carbonyl (C=O) groups excluding carboxylic acids is 1. The first-order chi connectivity index (χ1) is 11.7. The Kier molecular flexibility index (Phi) is 5.18. The van der Waals surface area contributed by atoms with E-state index in [2.05, 4.69) is 15.2 Å². The van der Waals surface area contributed by atoms with Crippen LogP contribution < -0.4 is 0 Å². The van der Waals surface area contributed by atoms with Gasteiger partial charge in [-0.05, 0) is 35.9 Å². The normalized spacial score (nSPS) is 11.0. The molecule has 0 saturated heterocycles. The monoisotopic (exact) mass is 339 g/mol. The third-order valence-electron chi connectivity index (χ3n) is 3.21. The second-order valence-corrected chi connectivity index (χ2v) is 5.91. The first-order valence-electron chi connectivity index (χ1n) is 7.28. The second-order valence-electron chi connectivity index (χ2n) is 4.97. The number of ketones is 1. The lowest BCUT2D eigenvalue weighted by Crippen LogP contribution is -2.02. The first kappa shape index (κ1) is 16.1. The van der Waals surface area contributed by atoms with Gasteiger partial charge in [0.2, 0.25) is 5.16 Å². The van der Waals surface area contributed by atoms with Gasteiger partial charge in [-0.15, -0.1) is 5.10 Å². The number of Topliss-reactive ketones (excluding diaryl/α,β-unsaturated/α-hetero) is 1. The van der Waals surface area contributed by atoms with Gasteiger partial charge >= 0.3 is 0 Å². The molecule has 0 bridgehead atoms. The minimum Gasteiger partial charge on any atom is -0.293 e. The van der Waals surface area contributed by atoms with Crippen molar-refractivity contribution in [3.8, 4) is 0 Å². The van der Waals surface area contributed by atoms with Crippen LogP contribution in [0.4, 0.5) is 4.39 Å². The van der Waals surface area contributed by atoms with E-state index < -0.39 is 0 Å². The van der Waals surface area contributed by atoms with Crippen molar-refractivity contribution >= 4 is 29.7 Å². The van der Waals surface area contributed by atoms with E-state index in [0.29, 0.717) is 16.5 Å². The molecule has 0 fully saturated rings. The van der Waals surface area contributed by atoms with Crippen LogP contribution in [0.25, 0.3) is 12.2 Å². The molecular weight excluding hydrogens is 325 g/mol. The van der Waals surface area contributed by atoms with E-state index in [4.69, 9.17) is 0 Å². The Morgan fingerprint density at radius 3 is 2.58 bits per heavy atom. The molecule has 0 atom stereocenters. The van der Waals surface area contributed by atoms with Crippen molar-refractivity contribution in [2.75, 3.05) is 5.75 Å². The Hall–Kier alpha value is -2.73. The molecule has 1 N–H and O–H groups in total. The van der Waals surface area contributed by atoms with Gasteiger partial charge in [0.15, 0.2) is 5.78 Å². The molecule has 2 aromatic carbocycles. The zero-order valence-electron chi connectivity index (χ0n) is 12.6. The van der Waals surface area contributed by atoms with Crippen LogP contribution in [0.1, 0.15) is 21.7 Å². The third-order valence-corrected chi connectivity index (χ3v) is 4.06. The number of nitrogens with zero attached hydrogens (tertiary/aromatic N) is 2. The fourth-order valence-corrected chi connectivity index (χ4v) is 2.69. The maximum absolute atomic E-state index is 12.9. The summed E-state index contributed by atoms with van der Waals surface area (Å²) in [6.45, 7) is 0. The van der Waals surface area contributed by atoms with Crippen molar-refractivity contribution in [1.29, 1.82) is 0 Å². The van der Waals surface area contributed by atoms with Crippen LogP contribution in [0, 0.1) is 5.82 Å². The zero-order valence-corrected chi connectivity index (χ0v) is 13.5. The van der Waals surface area contributed by atoms with Gasteiger partial charge in [0.05, 0.1) is 5.75 Å². The van der Waals surface area contributed by atoms with E-state index in [1.165, 1.54) is 36.0 Å². The zero-order chi connectivity index (χ0) is 16.8. The molecule has 0 radical (unpaired) electrons. The average Bonchev–Trinajstić information content (AvgIpc) is 3.07. The average molecular weight is 339 g/mol. The number of hydrogen-bond donors (Lipinski definition) is 1. The molecule has 0 aliphatic heterocycles. The SMILES string of the molecule is O=C(CSc1n[nH]c(C=Cc2ccccc2)n1)c1ccc(F)cc1. The number of benzene rings is 2. The minimum absolute atomic E-state index is 0.0915. The maximum Gasteiger partial charge on any atom is 0.209 e. The Morgan fingerprint density at radius 2 is 1.83 bits per heavy atom. The summed E-state index contributed by atoms with van der Waals surface area (Å²) in [4.78, 5) is 16.3. The summed E-state index contributed by atoms with van der Waals surface area (Å²) in [6, 6.07) is 15.4. The van der Waals surface area contributed by atoms with Crippen LogP contribution in [0.3, 0.4) is 0 Å². The van der Waals surface area contributed by atoms with Gasteiger partial charge in [0, 0.05) is 5.56 Å². The lowest BCUT2D eigenvalue weighted by atomic mass is 10.1. The summed E-state index contributed by atoms with van der Waals surface area (Å²) in [5, 5.41) is 7.39. The molecule has 0 aliphatic rings. The quantitative estimate of drug-likeness (QED) is 0.543. The van der Waals surface area contributed by atoms with Gasteiger partial charge in [-0.25, -0.2) is 9.37 Å². The van der Waals surface area contributed by atoms with Crippen LogP contribution in [0.15, 0.2) is 59.8 Å². The molecule has 3 rings (SSSR count). The molecule has 0 amide bonds. The fraction of sp³-hybridized carbons (Fsp3) is 0.0556. The molecule has 4 nitrogen and oxygen atoms in total. The molecule has 0 unspecified atom stereocenters.